The van der Waals surface area contributed by atoms with Gasteiger partial charge in [-0.25, -0.2) is 4.79 Å². The zero-order valence-electron chi connectivity index (χ0n) is 11.0. The minimum absolute atomic E-state index is 0.0438. The molecule has 0 aliphatic carbocycles. The van der Waals surface area contributed by atoms with Crippen molar-refractivity contribution in [2.75, 3.05) is 6.54 Å². The average molecular weight is 294 g/mol. The monoisotopic (exact) mass is 294 g/mol. The SMILES string of the molecule is O=C(O)C(CCCN1C(=O)C=CC1=O)n1c(O)ccc1O. The Labute approximate surface area is 119 Å². The standard InChI is InChI=1S/C13H14N2O6/c16-9-3-4-10(17)14(9)7-1-2-8(13(20)21)15-11(18)5-6-12(15)19/h3-6,8,18-19H,1-2,7H2,(H,20,21). The lowest BCUT2D eigenvalue weighted by molar-refractivity contribution is -0.141. The van der Waals surface area contributed by atoms with Gasteiger partial charge in [-0.3, -0.25) is 19.1 Å². The van der Waals surface area contributed by atoms with Crippen LogP contribution in [0.1, 0.15) is 18.9 Å². The predicted octanol–water partition coefficient (Wildman–Crippen LogP) is 0.230. The number of aromatic nitrogens is 1. The molecule has 3 N–H and O–H groups in total. The van der Waals surface area contributed by atoms with E-state index in [4.69, 9.17) is 0 Å². The smallest absolute Gasteiger partial charge is 0.326 e. The van der Waals surface area contributed by atoms with Gasteiger partial charge in [-0.15, -0.1) is 0 Å². The zero-order valence-corrected chi connectivity index (χ0v) is 11.0. The first kappa shape index (κ1) is 14.6. The third kappa shape index (κ3) is 2.88. The number of rotatable bonds is 6. The highest BCUT2D eigenvalue weighted by Crippen LogP contribution is 2.29. The summed E-state index contributed by atoms with van der Waals surface area (Å²) in [4.78, 5) is 35.0. The van der Waals surface area contributed by atoms with Crippen LogP contribution in [0.15, 0.2) is 24.3 Å². The first-order valence-electron chi connectivity index (χ1n) is 6.27. The van der Waals surface area contributed by atoms with E-state index in [9.17, 15) is 29.7 Å². The molecule has 0 saturated heterocycles. The molecule has 0 fully saturated rings. The first-order chi connectivity index (χ1) is 9.91. The molecule has 0 radical (unpaired) electrons. The van der Waals surface area contributed by atoms with Gasteiger partial charge in [0, 0.05) is 30.8 Å². The van der Waals surface area contributed by atoms with Crippen LogP contribution in [-0.2, 0) is 14.4 Å². The summed E-state index contributed by atoms with van der Waals surface area (Å²) in [5.41, 5.74) is 0. The van der Waals surface area contributed by atoms with Gasteiger partial charge in [0.15, 0.2) is 11.8 Å². The van der Waals surface area contributed by atoms with E-state index >= 15 is 0 Å². The van der Waals surface area contributed by atoms with Gasteiger partial charge >= 0.3 is 5.97 Å². The molecule has 1 atom stereocenters. The van der Waals surface area contributed by atoms with E-state index in [-0.39, 0.29) is 31.1 Å². The summed E-state index contributed by atoms with van der Waals surface area (Å²) < 4.78 is 0.883. The van der Waals surface area contributed by atoms with Crippen molar-refractivity contribution in [2.24, 2.45) is 0 Å². The lowest BCUT2D eigenvalue weighted by Crippen LogP contribution is -2.31. The molecule has 1 unspecified atom stereocenters. The molecular weight excluding hydrogens is 280 g/mol. The van der Waals surface area contributed by atoms with Gasteiger partial charge < -0.3 is 15.3 Å². The van der Waals surface area contributed by atoms with Crippen molar-refractivity contribution in [3.05, 3.63) is 24.3 Å². The van der Waals surface area contributed by atoms with Crippen LogP contribution < -0.4 is 0 Å². The number of aromatic hydroxyl groups is 2. The lowest BCUT2D eigenvalue weighted by Gasteiger charge is -2.18. The zero-order chi connectivity index (χ0) is 15.6. The van der Waals surface area contributed by atoms with Crippen LogP contribution in [0, 0.1) is 0 Å². The quantitative estimate of drug-likeness (QED) is 0.646. The highest BCUT2D eigenvalue weighted by atomic mass is 16.4. The van der Waals surface area contributed by atoms with Crippen LogP contribution in [0.25, 0.3) is 0 Å². The number of carboxylic acids is 1. The molecule has 8 nitrogen and oxygen atoms in total. The Kier molecular flexibility index (Phi) is 3.97. The molecule has 8 heteroatoms. The number of carbonyl (C=O) groups excluding carboxylic acids is 2. The van der Waals surface area contributed by atoms with Crippen LogP contribution in [0.5, 0.6) is 11.8 Å². The molecule has 2 rings (SSSR count). The highest BCUT2D eigenvalue weighted by molar-refractivity contribution is 6.12. The Morgan fingerprint density at radius 3 is 2.10 bits per heavy atom. The molecule has 1 aromatic rings. The lowest BCUT2D eigenvalue weighted by atomic mass is 10.1. The van der Waals surface area contributed by atoms with Crippen molar-refractivity contribution >= 4 is 17.8 Å². The fraction of sp³-hybridized carbons (Fsp3) is 0.308. The maximum atomic E-state index is 11.3. The Balaban J connectivity index is 2.01. The Hall–Kier alpha value is -2.77. The van der Waals surface area contributed by atoms with Crippen LogP contribution in [0.4, 0.5) is 0 Å². The van der Waals surface area contributed by atoms with Crippen molar-refractivity contribution < 1.29 is 29.7 Å². The number of hydrogen-bond donors (Lipinski definition) is 3. The van der Waals surface area contributed by atoms with Gasteiger partial charge in [0.2, 0.25) is 0 Å². The molecule has 2 heterocycles. The number of nitrogens with zero attached hydrogens (tertiary/aromatic N) is 2. The summed E-state index contributed by atoms with van der Waals surface area (Å²) in [5, 5.41) is 28.3. The van der Waals surface area contributed by atoms with E-state index in [0.717, 1.165) is 21.6 Å². The van der Waals surface area contributed by atoms with Gasteiger partial charge in [-0.2, -0.15) is 0 Å². The van der Waals surface area contributed by atoms with Crippen molar-refractivity contribution in [3.8, 4) is 11.8 Å². The van der Waals surface area contributed by atoms with Crippen molar-refractivity contribution in [1.82, 2.24) is 9.47 Å². The van der Waals surface area contributed by atoms with Crippen LogP contribution >= 0.6 is 0 Å². The fourth-order valence-electron chi connectivity index (χ4n) is 2.20. The Morgan fingerprint density at radius 2 is 1.62 bits per heavy atom. The molecule has 0 aromatic carbocycles. The van der Waals surface area contributed by atoms with Gasteiger partial charge in [-0.05, 0) is 12.8 Å². The summed E-state index contributed by atoms with van der Waals surface area (Å²) in [6.07, 6.45) is 2.58. The van der Waals surface area contributed by atoms with Gasteiger partial charge in [0.25, 0.3) is 11.8 Å². The molecule has 112 valence electrons. The van der Waals surface area contributed by atoms with E-state index in [1.54, 1.807) is 0 Å². The summed E-state index contributed by atoms with van der Waals surface area (Å²) in [6, 6.07) is 1.19. The molecular formula is C13H14N2O6. The summed E-state index contributed by atoms with van der Waals surface area (Å²) in [7, 11) is 0. The van der Waals surface area contributed by atoms with E-state index in [0.29, 0.717) is 0 Å². The minimum Gasteiger partial charge on any atom is -0.494 e. The van der Waals surface area contributed by atoms with Crippen LogP contribution in [0.3, 0.4) is 0 Å². The normalized spacial score (nSPS) is 15.7. The summed E-state index contributed by atoms with van der Waals surface area (Å²) in [5.74, 6) is -2.82. The summed E-state index contributed by atoms with van der Waals surface area (Å²) >= 11 is 0. The predicted molar refractivity (Wildman–Crippen MR) is 69.5 cm³/mol. The molecule has 0 bridgehead atoms. The van der Waals surface area contributed by atoms with Gasteiger partial charge in [-0.1, -0.05) is 0 Å². The van der Waals surface area contributed by atoms with Crippen molar-refractivity contribution in [3.63, 3.8) is 0 Å². The maximum absolute atomic E-state index is 11.3. The highest BCUT2D eigenvalue weighted by Gasteiger charge is 2.27. The van der Waals surface area contributed by atoms with Crippen LogP contribution in [-0.4, -0.2) is 49.1 Å². The number of carbonyl (C=O) groups is 3. The number of amides is 2. The molecule has 1 aliphatic heterocycles. The number of imide groups is 1. The largest absolute Gasteiger partial charge is 0.494 e. The molecule has 0 saturated carbocycles. The van der Waals surface area contributed by atoms with E-state index in [2.05, 4.69) is 0 Å². The Morgan fingerprint density at radius 1 is 1.10 bits per heavy atom. The number of carboxylic acid groups (broad SMARTS) is 1. The average Bonchev–Trinajstić information content (AvgIpc) is 2.91. The molecule has 1 aliphatic rings. The van der Waals surface area contributed by atoms with Crippen molar-refractivity contribution in [1.29, 1.82) is 0 Å². The third-order valence-corrected chi connectivity index (χ3v) is 3.23. The second-order valence-corrected chi connectivity index (χ2v) is 4.58. The summed E-state index contributed by atoms with van der Waals surface area (Å²) in [6.45, 7) is 0.0806. The molecule has 0 spiro atoms. The van der Waals surface area contributed by atoms with E-state index < -0.39 is 23.8 Å². The molecule has 2 amide bonds. The van der Waals surface area contributed by atoms with E-state index in [1.807, 2.05) is 0 Å². The van der Waals surface area contributed by atoms with E-state index in [1.165, 1.54) is 12.1 Å². The maximum Gasteiger partial charge on any atom is 0.326 e. The Bertz CT molecular complexity index is 581. The van der Waals surface area contributed by atoms with Gasteiger partial charge in [0.1, 0.15) is 6.04 Å². The number of hydrogen-bond acceptors (Lipinski definition) is 5. The second kappa shape index (κ2) is 5.70. The van der Waals surface area contributed by atoms with Crippen molar-refractivity contribution in [2.45, 2.75) is 18.9 Å². The van der Waals surface area contributed by atoms with Crippen LogP contribution in [0.2, 0.25) is 0 Å². The van der Waals surface area contributed by atoms with Gasteiger partial charge in [0.05, 0.1) is 0 Å². The number of aliphatic carboxylic acids is 1. The third-order valence-electron chi connectivity index (χ3n) is 3.23. The first-order valence-corrected chi connectivity index (χ1v) is 6.27. The molecule has 1 aromatic heterocycles. The second-order valence-electron chi connectivity index (χ2n) is 4.58. The topological polar surface area (TPSA) is 120 Å². The minimum atomic E-state index is -1.23. The fourth-order valence-corrected chi connectivity index (χ4v) is 2.20. The molecule has 21 heavy (non-hydrogen) atoms.